The van der Waals surface area contributed by atoms with Gasteiger partial charge in [-0.05, 0) is 47.7 Å². The first kappa shape index (κ1) is 19.5. The number of hydrogen-bond acceptors (Lipinski definition) is 3. The average Bonchev–Trinajstić information content (AvgIpc) is 3.20. The van der Waals surface area contributed by atoms with Gasteiger partial charge in [0, 0.05) is 15.9 Å². The van der Waals surface area contributed by atoms with Gasteiger partial charge < -0.3 is 10.6 Å². The van der Waals surface area contributed by atoms with Crippen LogP contribution in [0.2, 0.25) is 5.02 Å². The summed E-state index contributed by atoms with van der Waals surface area (Å²) in [4.78, 5) is 13.5. The number of carbonyl (C=O) groups is 1. The Morgan fingerprint density at radius 3 is 2.52 bits per heavy atom. The zero-order chi connectivity index (χ0) is 19.2. The lowest BCUT2D eigenvalue weighted by Gasteiger charge is -2.20. The van der Waals surface area contributed by atoms with E-state index < -0.39 is 0 Å². The van der Waals surface area contributed by atoms with E-state index in [0.29, 0.717) is 5.02 Å². The van der Waals surface area contributed by atoms with Crippen LogP contribution in [0.1, 0.15) is 35.0 Å². The van der Waals surface area contributed by atoms with Crippen molar-refractivity contribution < 1.29 is 9.18 Å². The molecule has 3 rings (SSSR count). The van der Waals surface area contributed by atoms with Crippen molar-refractivity contribution in [2.75, 3.05) is 6.54 Å². The average molecular weight is 403 g/mol. The molecule has 1 aromatic heterocycles. The Morgan fingerprint density at radius 2 is 1.85 bits per heavy atom. The molecule has 0 bridgehead atoms. The molecular weight excluding hydrogens is 383 g/mol. The molecule has 0 fully saturated rings. The third-order valence-electron chi connectivity index (χ3n) is 4.28. The SMILES string of the molecule is C[C@@H](NCC(=O)N[C@@H](c1ccc(F)cc1)c1cccs1)c1ccccc1Cl. The summed E-state index contributed by atoms with van der Waals surface area (Å²) in [6.07, 6.45) is 0. The fourth-order valence-corrected chi connectivity index (χ4v) is 3.93. The fraction of sp³-hybridized carbons (Fsp3) is 0.190. The first-order chi connectivity index (χ1) is 13.0. The van der Waals surface area contributed by atoms with Crippen LogP contribution in [-0.2, 0) is 4.79 Å². The number of thiophene rings is 1. The molecule has 2 atom stereocenters. The van der Waals surface area contributed by atoms with Crippen molar-refractivity contribution >= 4 is 28.8 Å². The summed E-state index contributed by atoms with van der Waals surface area (Å²) in [6.45, 7) is 2.11. The molecule has 0 unspecified atom stereocenters. The Balaban J connectivity index is 1.66. The molecule has 2 aromatic carbocycles. The molecule has 1 amide bonds. The predicted molar refractivity (Wildman–Crippen MR) is 109 cm³/mol. The van der Waals surface area contributed by atoms with E-state index in [1.807, 2.05) is 48.7 Å². The van der Waals surface area contributed by atoms with E-state index in [4.69, 9.17) is 11.6 Å². The van der Waals surface area contributed by atoms with Crippen LogP contribution in [0.15, 0.2) is 66.0 Å². The van der Waals surface area contributed by atoms with E-state index in [0.717, 1.165) is 16.0 Å². The van der Waals surface area contributed by atoms with Gasteiger partial charge >= 0.3 is 0 Å². The molecule has 0 saturated heterocycles. The van der Waals surface area contributed by atoms with E-state index >= 15 is 0 Å². The number of amides is 1. The second-order valence-electron chi connectivity index (χ2n) is 6.19. The van der Waals surface area contributed by atoms with Crippen molar-refractivity contribution in [2.24, 2.45) is 0 Å². The van der Waals surface area contributed by atoms with Crippen LogP contribution in [-0.4, -0.2) is 12.5 Å². The van der Waals surface area contributed by atoms with Gasteiger partial charge in [0.1, 0.15) is 5.82 Å². The van der Waals surface area contributed by atoms with Crippen LogP contribution < -0.4 is 10.6 Å². The first-order valence-corrected chi connectivity index (χ1v) is 9.86. The predicted octanol–water partition coefficient (Wildman–Crippen LogP) is 5.10. The van der Waals surface area contributed by atoms with Gasteiger partial charge in [0.05, 0.1) is 12.6 Å². The molecule has 0 aliphatic rings. The number of halogens is 2. The summed E-state index contributed by atoms with van der Waals surface area (Å²) in [5.74, 6) is -0.443. The summed E-state index contributed by atoms with van der Waals surface area (Å²) in [6, 6.07) is 17.3. The highest BCUT2D eigenvalue weighted by atomic mass is 35.5. The van der Waals surface area contributed by atoms with E-state index in [1.165, 1.54) is 12.1 Å². The number of rotatable bonds is 7. The van der Waals surface area contributed by atoms with E-state index in [2.05, 4.69) is 10.6 Å². The summed E-state index contributed by atoms with van der Waals surface area (Å²) >= 11 is 7.76. The van der Waals surface area contributed by atoms with Crippen molar-refractivity contribution in [3.8, 4) is 0 Å². The molecule has 2 N–H and O–H groups in total. The minimum absolute atomic E-state index is 0.0598. The highest BCUT2D eigenvalue weighted by molar-refractivity contribution is 7.10. The van der Waals surface area contributed by atoms with Gasteiger partial charge in [-0.1, -0.05) is 48.0 Å². The first-order valence-electron chi connectivity index (χ1n) is 8.60. The van der Waals surface area contributed by atoms with Crippen molar-refractivity contribution in [3.05, 3.63) is 92.9 Å². The maximum atomic E-state index is 13.3. The van der Waals surface area contributed by atoms with E-state index in [-0.39, 0.29) is 30.4 Å². The van der Waals surface area contributed by atoms with Crippen LogP contribution >= 0.6 is 22.9 Å². The van der Waals surface area contributed by atoms with Crippen LogP contribution in [0, 0.1) is 5.82 Å². The Morgan fingerprint density at radius 1 is 1.11 bits per heavy atom. The van der Waals surface area contributed by atoms with Gasteiger partial charge in [-0.2, -0.15) is 0 Å². The largest absolute Gasteiger partial charge is 0.343 e. The number of benzene rings is 2. The lowest BCUT2D eigenvalue weighted by Crippen LogP contribution is -2.37. The third-order valence-corrected chi connectivity index (χ3v) is 5.56. The van der Waals surface area contributed by atoms with Crippen LogP contribution in [0.4, 0.5) is 4.39 Å². The van der Waals surface area contributed by atoms with E-state index in [9.17, 15) is 9.18 Å². The third kappa shape index (κ3) is 5.16. The van der Waals surface area contributed by atoms with Crippen molar-refractivity contribution in [1.29, 1.82) is 0 Å². The Bertz CT molecular complexity index is 883. The zero-order valence-electron chi connectivity index (χ0n) is 14.8. The monoisotopic (exact) mass is 402 g/mol. The maximum Gasteiger partial charge on any atom is 0.234 e. The quantitative estimate of drug-likeness (QED) is 0.577. The van der Waals surface area contributed by atoms with Gasteiger partial charge in [-0.15, -0.1) is 11.3 Å². The molecule has 0 radical (unpaired) electrons. The molecular formula is C21H20ClFN2OS. The Hall–Kier alpha value is -2.21. The molecule has 0 aliphatic carbocycles. The van der Waals surface area contributed by atoms with Crippen LogP contribution in [0.3, 0.4) is 0 Å². The topological polar surface area (TPSA) is 41.1 Å². The highest BCUT2D eigenvalue weighted by Gasteiger charge is 2.18. The van der Waals surface area contributed by atoms with E-state index in [1.54, 1.807) is 23.5 Å². The Kier molecular flexibility index (Phi) is 6.61. The molecule has 6 heteroatoms. The van der Waals surface area contributed by atoms with Gasteiger partial charge in [0.2, 0.25) is 5.91 Å². The smallest absolute Gasteiger partial charge is 0.234 e. The minimum Gasteiger partial charge on any atom is -0.343 e. The summed E-state index contributed by atoms with van der Waals surface area (Å²) in [5.41, 5.74) is 1.78. The summed E-state index contributed by atoms with van der Waals surface area (Å²) in [7, 11) is 0. The van der Waals surface area contributed by atoms with Crippen molar-refractivity contribution in [1.82, 2.24) is 10.6 Å². The fourth-order valence-electron chi connectivity index (χ4n) is 2.82. The van der Waals surface area contributed by atoms with Crippen LogP contribution in [0.5, 0.6) is 0 Å². The molecule has 0 saturated carbocycles. The second kappa shape index (κ2) is 9.13. The standard InChI is InChI=1S/C21H20ClFN2OS/c1-14(17-5-2-3-6-18(17)22)24-13-20(26)25-21(19-7-4-12-27-19)15-8-10-16(23)11-9-15/h2-12,14,21,24H,13H2,1H3,(H,25,26)/t14-,21+/m1/s1. The van der Waals surface area contributed by atoms with Gasteiger partial charge in [0.25, 0.3) is 0 Å². The minimum atomic E-state index is -0.310. The number of carbonyl (C=O) groups excluding carboxylic acids is 1. The molecule has 140 valence electrons. The maximum absolute atomic E-state index is 13.3. The summed E-state index contributed by atoms with van der Waals surface area (Å²) < 4.78 is 13.3. The van der Waals surface area contributed by atoms with Gasteiger partial charge in [-0.3, -0.25) is 4.79 Å². The van der Waals surface area contributed by atoms with Gasteiger partial charge in [-0.25, -0.2) is 4.39 Å². The molecule has 27 heavy (non-hydrogen) atoms. The lowest BCUT2D eigenvalue weighted by atomic mass is 10.1. The molecule has 1 heterocycles. The summed E-state index contributed by atoms with van der Waals surface area (Å²) in [5, 5.41) is 8.85. The second-order valence-corrected chi connectivity index (χ2v) is 7.58. The highest BCUT2D eigenvalue weighted by Crippen LogP contribution is 2.26. The lowest BCUT2D eigenvalue weighted by molar-refractivity contribution is -0.120. The molecule has 0 spiro atoms. The molecule has 0 aliphatic heterocycles. The Labute approximate surface area is 167 Å². The number of hydrogen-bond donors (Lipinski definition) is 2. The number of nitrogens with one attached hydrogen (secondary N) is 2. The molecule has 3 nitrogen and oxygen atoms in total. The zero-order valence-corrected chi connectivity index (χ0v) is 16.4. The van der Waals surface area contributed by atoms with Gasteiger partial charge in [0.15, 0.2) is 0 Å². The van der Waals surface area contributed by atoms with Crippen LogP contribution in [0.25, 0.3) is 0 Å². The van der Waals surface area contributed by atoms with Crippen molar-refractivity contribution in [3.63, 3.8) is 0 Å². The van der Waals surface area contributed by atoms with Crippen molar-refractivity contribution in [2.45, 2.75) is 19.0 Å². The molecule has 3 aromatic rings. The normalized spacial score (nSPS) is 13.1.